The molecule has 0 saturated carbocycles. The van der Waals surface area contributed by atoms with Crippen molar-refractivity contribution in [1.82, 2.24) is 4.98 Å². The maximum atomic E-state index is 12.6. The number of ether oxygens (including phenoxy) is 1. The molecular weight excluding hydrogens is 181 g/mol. The van der Waals surface area contributed by atoms with Crippen LogP contribution in [0.25, 0.3) is 0 Å². The van der Waals surface area contributed by atoms with E-state index in [9.17, 15) is 4.39 Å². The molecule has 0 aliphatic rings. The topological polar surface area (TPSA) is 22.1 Å². The Kier molecular flexibility index (Phi) is 2.40. The van der Waals surface area contributed by atoms with Crippen LogP contribution in [0.1, 0.15) is 0 Å². The average molecular weight is 188 g/mol. The molecule has 1 heterocycles. The fourth-order valence-corrected chi connectivity index (χ4v) is 1.01. The van der Waals surface area contributed by atoms with E-state index in [1.165, 1.54) is 12.1 Å². The molecule has 69 valence electrons. The molecule has 1 aromatic heterocycles. The molecule has 3 heteroatoms. The van der Waals surface area contributed by atoms with Crippen molar-refractivity contribution in [2.75, 3.05) is 0 Å². The normalized spacial score (nSPS) is 9.79. The minimum absolute atomic E-state index is 0.281. The number of pyridine rings is 1. The maximum absolute atomic E-state index is 12.6. The summed E-state index contributed by atoms with van der Waals surface area (Å²) < 4.78 is 17.9. The molecule has 0 aliphatic carbocycles. The van der Waals surface area contributed by atoms with Crippen LogP contribution < -0.4 is 4.74 Å². The Labute approximate surface area is 81.0 Å². The summed E-state index contributed by atoms with van der Waals surface area (Å²) >= 11 is 0. The van der Waals surface area contributed by atoms with E-state index in [2.05, 4.69) is 11.2 Å². The van der Waals surface area contributed by atoms with Crippen molar-refractivity contribution in [2.45, 2.75) is 0 Å². The zero-order chi connectivity index (χ0) is 9.80. The summed E-state index contributed by atoms with van der Waals surface area (Å²) in [5.41, 5.74) is 0. The number of halogens is 1. The number of rotatable bonds is 2. The molecule has 0 saturated heterocycles. The van der Waals surface area contributed by atoms with Crippen molar-refractivity contribution in [3.63, 3.8) is 0 Å². The van der Waals surface area contributed by atoms with Crippen molar-refractivity contribution in [3.8, 4) is 11.5 Å². The Morgan fingerprint density at radius 2 is 1.86 bits per heavy atom. The van der Waals surface area contributed by atoms with Crippen molar-refractivity contribution < 1.29 is 9.13 Å². The molecule has 0 bridgehead atoms. The third kappa shape index (κ3) is 2.07. The summed E-state index contributed by atoms with van der Waals surface area (Å²) in [5.74, 6) is 0.909. The van der Waals surface area contributed by atoms with Crippen LogP contribution in [0.15, 0.2) is 42.6 Å². The van der Waals surface area contributed by atoms with Crippen LogP contribution in [0.5, 0.6) is 11.5 Å². The third-order valence-corrected chi connectivity index (χ3v) is 1.64. The lowest BCUT2D eigenvalue weighted by Crippen LogP contribution is -1.84. The van der Waals surface area contributed by atoms with E-state index in [1.807, 2.05) is 0 Å². The van der Waals surface area contributed by atoms with Crippen molar-refractivity contribution in [1.29, 1.82) is 0 Å². The molecule has 2 rings (SSSR count). The van der Waals surface area contributed by atoms with E-state index in [0.717, 1.165) is 0 Å². The first kappa shape index (κ1) is 8.69. The van der Waals surface area contributed by atoms with E-state index in [-0.39, 0.29) is 5.82 Å². The van der Waals surface area contributed by atoms with Gasteiger partial charge in [0.05, 0.1) is 12.4 Å². The van der Waals surface area contributed by atoms with Gasteiger partial charge in [0.1, 0.15) is 17.3 Å². The van der Waals surface area contributed by atoms with Gasteiger partial charge in [0, 0.05) is 0 Å². The molecular formula is C11H7FNO. The van der Waals surface area contributed by atoms with Crippen molar-refractivity contribution >= 4 is 0 Å². The van der Waals surface area contributed by atoms with Gasteiger partial charge in [-0.1, -0.05) is 0 Å². The average Bonchev–Trinajstić information content (AvgIpc) is 2.23. The molecule has 1 radical (unpaired) electrons. The van der Waals surface area contributed by atoms with Crippen molar-refractivity contribution in [2.24, 2.45) is 0 Å². The number of aromatic nitrogens is 1. The Morgan fingerprint density at radius 1 is 1.07 bits per heavy atom. The molecule has 0 spiro atoms. The van der Waals surface area contributed by atoms with Gasteiger partial charge in [0.15, 0.2) is 0 Å². The van der Waals surface area contributed by atoms with Gasteiger partial charge in [0.2, 0.25) is 0 Å². The number of nitrogens with zero attached hydrogens (tertiary/aromatic N) is 1. The van der Waals surface area contributed by atoms with E-state index >= 15 is 0 Å². The number of hydrogen-bond donors (Lipinski definition) is 0. The molecule has 2 aromatic rings. The minimum atomic E-state index is -0.281. The van der Waals surface area contributed by atoms with E-state index in [1.54, 1.807) is 30.5 Å². The van der Waals surface area contributed by atoms with Crippen LogP contribution in [0.4, 0.5) is 4.39 Å². The van der Waals surface area contributed by atoms with Crippen LogP contribution >= 0.6 is 0 Å². The summed E-state index contributed by atoms with van der Waals surface area (Å²) in [6, 6.07) is 9.20. The molecule has 0 atom stereocenters. The summed E-state index contributed by atoms with van der Waals surface area (Å²) in [7, 11) is 0. The van der Waals surface area contributed by atoms with Crippen LogP contribution in [-0.4, -0.2) is 4.98 Å². The zero-order valence-electron chi connectivity index (χ0n) is 7.27. The highest BCUT2D eigenvalue weighted by Gasteiger charge is 1.96. The highest BCUT2D eigenvalue weighted by atomic mass is 19.1. The molecule has 0 aliphatic heterocycles. The van der Waals surface area contributed by atoms with Crippen LogP contribution in [0, 0.1) is 12.0 Å². The quantitative estimate of drug-likeness (QED) is 0.722. The molecule has 0 unspecified atom stereocenters. The molecule has 0 fully saturated rings. The first-order chi connectivity index (χ1) is 6.84. The van der Waals surface area contributed by atoms with Crippen molar-refractivity contribution in [3.05, 3.63) is 54.6 Å². The lowest BCUT2D eigenvalue weighted by molar-refractivity contribution is 0.478. The third-order valence-electron chi connectivity index (χ3n) is 1.64. The predicted octanol–water partition coefficient (Wildman–Crippen LogP) is 2.81. The lowest BCUT2D eigenvalue weighted by Gasteiger charge is -2.03. The fourth-order valence-electron chi connectivity index (χ4n) is 1.01. The van der Waals surface area contributed by atoms with Crippen LogP contribution in [-0.2, 0) is 0 Å². The summed E-state index contributed by atoms with van der Waals surface area (Å²) in [4.78, 5) is 3.77. The van der Waals surface area contributed by atoms with Gasteiger partial charge in [-0.3, -0.25) is 4.98 Å². The second kappa shape index (κ2) is 3.87. The van der Waals surface area contributed by atoms with Gasteiger partial charge in [-0.05, 0) is 36.4 Å². The Balaban J connectivity index is 2.16. The number of hydrogen-bond acceptors (Lipinski definition) is 2. The van der Waals surface area contributed by atoms with Gasteiger partial charge in [-0.15, -0.1) is 0 Å². The van der Waals surface area contributed by atoms with Gasteiger partial charge >= 0.3 is 0 Å². The van der Waals surface area contributed by atoms with Crippen LogP contribution in [0.2, 0.25) is 0 Å². The summed E-state index contributed by atoms with van der Waals surface area (Å²) in [6.07, 6.45) is 4.18. The molecule has 0 N–H and O–H groups in total. The highest BCUT2D eigenvalue weighted by molar-refractivity contribution is 5.28. The molecule has 2 nitrogen and oxygen atoms in total. The molecule has 14 heavy (non-hydrogen) atoms. The van der Waals surface area contributed by atoms with Crippen LogP contribution in [0.3, 0.4) is 0 Å². The van der Waals surface area contributed by atoms with E-state index < -0.39 is 0 Å². The SMILES string of the molecule is Fc1ccc(Oc2cc[c]nc2)cc1. The standard InChI is InChI=1S/C11H7FNO/c12-9-3-5-10(6-4-9)14-11-2-1-7-13-8-11/h1-6,8H. The Bertz CT molecular complexity index is 399. The number of benzene rings is 1. The van der Waals surface area contributed by atoms with Gasteiger partial charge in [-0.2, -0.15) is 0 Å². The summed E-state index contributed by atoms with van der Waals surface area (Å²) in [5, 5.41) is 0. The monoisotopic (exact) mass is 188 g/mol. The Morgan fingerprint density at radius 3 is 2.50 bits per heavy atom. The predicted molar refractivity (Wildman–Crippen MR) is 49.5 cm³/mol. The van der Waals surface area contributed by atoms with E-state index in [0.29, 0.717) is 11.5 Å². The highest BCUT2D eigenvalue weighted by Crippen LogP contribution is 2.19. The fraction of sp³-hybridized carbons (Fsp3) is 0. The second-order valence-electron chi connectivity index (χ2n) is 2.68. The smallest absolute Gasteiger partial charge is 0.145 e. The minimum Gasteiger partial charge on any atom is -0.456 e. The first-order valence-electron chi connectivity index (χ1n) is 4.10. The van der Waals surface area contributed by atoms with Gasteiger partial charge in [-0.25, -0.2) is 4.39 Å². The van der Waals surface area contributed by atoms with Gasteiger partial charge in [0.25, 0.3) is 0 Å². The van der Waals surface area contributed by atoms with Gasteiger partial charge < -0.3 is 4.74 Å². The molecule has 0 amide bonds. The van der Waals surface area contributed by atoms with E-state index in [4.69, 9.17) is 4.74 Å². The maximum Gasteiger partial charge on any atom is 0.145 e. The summed E-state index contributed by atoms with van der Waals surface area (Å²) in [6.45, 7) is 0. The Hall–Kier alpha value is -1.90. The zero-order valence-corrected chi connectivity index (χ0v) is 7.27. The lowest BCUT2D eigenvalue weighted by atomic mass is 10.3. The molecule has 1 aromatic carbocycles. The first-order valence-corrected chi connectivity index (χ1v) is 4.10. The second-order valence-corrected chi connectivity index (χ2v) is 2.68. The largest absolute Gasteiger partial charge is 0.456 e.